The van der Waals surface area contributed by atoms with Gasteiger partial charge < -0.3 is 25.2 Å². The Hall–Kier alpha value is -2.73. The van der Waals surface area contributed by atoms with E-state index < -0.39 is 0 Å². The molecule has 3 N–H and O–H groups in total. The fourth-order valence-electron chi connectivity index (χ4n) is 3.43. The van der Waals surface area contributed by atoms with Gasteiger partial charge >= 0.3 is 0 Å². The predicted octanol–water partition coefficient (Wildman–Crippen LogP) is 3.41. The summed E-state index contributed by atoms with van der Waals surface area (Å²) in [6.07, 6.45) is 3.00. The average Bonchev–Trinajstić information content (AvgIpc) is 3.27. The van der Waals surface area contributed by atoms with E-state index >= 15 is 0 Å². The molecule has 30 heavy (non-hydrogen) atoms. The van der Waals surface area contributed by atoms with Crippen LogP contribution < -0.4 is 15.4 Å². The fourth-order valence-corrected chi connectivity index (χ4v) is 3.43. The first-order chi connectivity index (χ1) is 14.6. The van der Waals surface area contributed by atoms with Gasteiger partial charge in [0, 0.05) is 38.2 Å². The Morgan fingerprint density at radius 1 is 1.20 bits per heavy atom. The normalized spacial score (nSPS) is 16.5. The number of guanidine groups is 1. The Bertz CT molecular complexity index is 815. The third kappa shape index (κ3) is 6.95. The molecule has 2 aromatic rings. The van der Waals surface area contributed by atoms with Gasteiger partial charge in [0.1, 0.15) is 11.5 Å². The number of nitrogens with one attached hydrogen (secondary N) is 2. The SMILES string of the molecule is CN=C(NCCCc1ccc(O)cc1)NCc1ccc(C)cc1OCC1CCOC1. The number of phenols is 1. The van der Waals surface area contributed by atoms with Crippen LogP contribution in [0.1, 0.15) is 29.5 Å². The topological polar surface area (TPSA) is 75.1 Å². The summed E-state index contributed by atoms with van der Waals surface area (Å²) < 4.78 is 11.6. The summed E-state index contributed by atoms with van der Waals surface area (Å²) >= 11 is 0. The highest BCUT2D eigenvalue weighted by atomic mass is 16.5. The smallest absolute Gasteiger partial charge is 0.191 e. The molecule has 1 fully saturated rings. The first kappa shape index (κ1) is 22.0. The Balaban J connectivity index is 1.44. The molecule has 1 aliphatic heterocycles. The standard InChI is InChI=1S/C24H33N3O3/c1-18-5-8-21(23(14-18)30-17-20-11-13-29-16-20)15-27-24(25-2)26-12-3-4-19-6-9-22(28)10-7-19/h5-10,14,20,28H,3-4,11-13,15-17H2,1-2H3,(H2,25,26,27). The van der Waals surface area contributed by atoms with Crippen LogP contribution in [0.15, 0.2) is 47.5 Å². The van der Waals surface area contributed by atoms with Crippen LogP contribution in [0.4, 0.5) is 0 Å². The molecule has 0 aromatic heterocycles. The van der Waals surface area contributed by atoms with Crippen molar-refractivity contribution in [1.82, 2.24) is 10.6 Å². The van der Waals surface area contributed by atoms with Gasteiger partial charge in [-0.05, 0) is 55.5 Å². The van der Waals surface area contributed by atoms with Crippen LogP contribution in [0.5, 0.6) is 11.5 Å². The van der Waals surface area contributed by atoms with E-state index in [1.54, 1.807) is 19.2 Å². The number of ether oxygens (including phenoxy) is 2. The molecule has 1 saturated heterocycles. The monoisotopic (exact) mass is 411 g/mol. The van der Waals surface area contributed by atoms with Crippen molar-refractivity contribution in [2.45, 2.75) is 32.7 Å². The zero-order valence-electron chi connectivity index (χ0n) is 18.0. The maximum atomic E-state index is 9.36. The molecule has 1 unspecified atom stereocenters. The average molecular weight is 412 g/mol. The number of benzene rings is 2. The highest BCUT2D eigenvalue weighted by molar-refractivity contribution is 5.79. The molecular formula is C24H33N3O3. The van der Waals surface area contributed by atoms with Crippen molar-refractivity contribution in [2.24, 2.45) is 10.9 Å². The highest BCUT2D eigenvalue weighted by Gasteiger charge is 2.17. The van der Waals surface area contributed by atoms with Crippen molar-refractivity contribution in [3.63, 3.8) is 0 Å². The summed E-state index contributed by atoms with van der Waals surface area (Å²) in [6.45, 7) is 5.87. The lowest BCUT2D eigenvalue weighted by atomic mass is 10.1. The van der Waals surface area contributed by atoms with Gasteiger partial charge in [0.15, 0.2) is 5.96 Å². The first-order valence-electron chi connectivity index (χ1n) is 10.7. The minimum absolute atomic E-state index is 0.303. The van der Waals surface area contributed by atoms with Gasteiger partial charge in [-0.3, -0.25) is 4.99 Å². The van der Waals surface area contributed by atoms with Gasteiger partial charge in [0.2, 0.25) is 0 Å². The van der Waals surface area contributed by atoms with Crippen molar-refractivity contribution in [3.05, 3.63) is 59.2 Å². The number of nitrogens with zero attached hydrogens (tertiary/aromatic N) is 1. The Labute approximate surface area is 179 Å². The van der Waals surface area contributed by atoms with Crippen LogP contribution in [0, 0.1) is 12.8 Å². The molecule has 3 rings (SSSR count). The molecule has 1 aliphatic rings. The number of aryl methyl sites for hydroxylation is 2. The lowest BCUT2D eigenvalue weighted by molar-refractivity contribution is 0.166. The van der Waals surface area contributed by atoms with Crippen LogP contribution in [-0.4, -0.2) is 44.5 Å². The predicted molar refractivity (Wildman–Crippen MR) is 120 cm³/mol. The van der Waals surface area contributed by atoms with E-state index in [1.807, 2.05) is 12.1 Å². The number of hydrogen-bond acceptors (Lipinski definition) is 4. The molecule has 0 saturated carbocycles. The fraction of sp³-hybridized carbons (Fsp3) is 0.458. The van der Waals surface area contributed by atoms with Crippen molar-refractivity contribution in [1.29, 1.82) is 0 Å². The summed E-state index contributed by atoms with van der Waals surface area (Å²) in [6, 6.07) is 13.7. The second-order valence-electron chi connectivity index (χ2n) is 7.77. The molecule has 0 radical (unpaired) electrons. The third-order valence-corrected chi connectivity index (χ3v) is 5.26. The van der Waals surface area contributed by atoms with Gasteiger partial charge in [0.05, 0.1) is 13.2 Å². The lowest BCUT2D eigenvalue weighted by Gasteiger charge is -2.17. The number of aliphatic imine (C=N–C) groups is 1. The zero-order valence-corrected chi connectivity index (χ0v) is 18.0. The number of phenolic OH excluding ortho intramolecular Hbond substituents is 1. The van der Waals surface area contributed by atoms with Gasteiger partial charge in [-0.2, -0.15) is 0 Å². The Morgan fingerprint density at radius 2 is 2.03 bits per heavy atom. The number of hydrogen-bond donors (Lipinski definition) is 3. The van der Waals surface area contributed by atoms with E-state index in [9.17, 15) is 5.11 Å². The van der Waals surface area contributed by atoms with Gasteiger partial charge in [0.25, 0.3) is 0 Å². The molecular weight excluding hydrogens is 378 g/mol. The molecule has 1 atom stereocenters. The van der Waals surface area contributed by atoms with Gasteiger partial charge in [-0.15, -0.1) is 0 Å². The highest BCUT2D eigenvalue weighted by Crippen LogP contribution is 2.22. The van der Waals surface area contributed by atoms with Crippen LogP contribution in [0.2, 0.25) is 0 Å². The van der Waals surface area contributed by atoms with E-state index in [0.29, 0.717) is 24.8 Å². The van der Waals surface area contributed by atoms with Crippen molar-refractivity contribution >= 4 is 5.96 Å². The van der Waals surface area contributed by atoms with Crippen LogP contribution >= 0.6 is 0 Å². The molecule has 0 bridgehead atoms. The minimum Gasteiger partial charge on any atom is -0.508 e. The number of rotatable bonds is 9. The van der Waals surface area contributed by atoms with Crippen molar-refractivity contribution in [3.8, 4) is 11.5 Å². The van der Waals surface area contributed by atoms with Gasteiger partial charge in [-0.1, -0.05) is 24.3 Å². The third-order valence-electron chi connectivity index (χ3n) is 5.26. The van der Waals surface area contributed by atoms with E-state index in [-0.39, 0.29) is 0 Å². The van der Waals surface area contributed by atoms with E-state index in [1.165, 1.54) is 11.1 Å². The Kier molecular flexibility index (Phi) is 8.39. The molecule has 162 valence electrons. The van der Waals surface area contributed by atoms with Gasteiger partial charge in [-0.25, -0.2) is 0 Å². The van der Waals surface area contributed by atoms with E-state index in [0.717, 1.165) is 56.3 Å². The summed E-state index contributed by atoms with van der Waals surface area (Å²) in [5.74, 6) is 2.49. The first-order valence-corrected chi connectivity index (χ1v) is 10.7. The van der Waals surface area contributed by atoms with Crippen molar-refractivity contribution in [2.75, 3.05) is 33.4 Å². The quantitative estimate of drug-likeness (QED) is 0.335. The van der Waals surface area contributed by atoms with Crippen molar-refractivity contribution < 1.29 is 14.6 Å². The Morgan fingerprint density at radius 3 is 2.77 bits per heavy atom. The molecule has 0 spiro atoms. The summed E-state index contributed by atoms with van der Waals surface area (Å²) in [5, 5.41) is 16.1. The van der Waals surface area contributed by atoms with E-state index in [2.05, 4.69) is 40.7 Å². The zero-order chi connectivity index (χ0) is 21.2. The molecule has 1 heterocycles. The molecule has 6 nitrogen and oxygen atoms in total. The summed E-state index contributed by atoms with van der Waals surface area (Å²) in [7, 11) is 1.78. The lowest BCUT2D eigenvalue weighted by Crippen LogP contribution is -2.37. The maximum absolute atomic E-state index is 9.36. The maximum Gasteiger partial charge on any atom is 0.191 e. The minimum atomic E-state index is 0.303. The summed E-state index contributed by atoms with van der Waals surface area (Å²) in [4.78, 5) is 4.32. The molecule has 0 amide bonds. The molecule has 6 heteroatoms. The molecule has 0 aliphatic carbocycles. The van der Waals surface area contributed by atoms with Crippen LogP contribution in [0.25, 0.3) is 0 Å². The second kappa shape index (κ2) is 11.5. The van der Waals surface area contributed by atoms with Crippen LogP contribution in [0.3, 0.4) is 0 Å². The summed E-state index contributed by atoms with van der Waals surface area (Å²) in [5.41, 5.74) is 3.52. The van der Waals surface area contributed by atoms with E-state index in [4.69, 9.17) is 9.47 Å². The number of aromatic hydroxyl groups is 1. The largest absolute Gasteiger partial charge is 0.508 e. The van der Waals surface area contributed by atoms with Crippen LogP contribution in [-0.2, 0) is 17.7 Å². The molecule has 2 aromatic carbocycles. The second-order valence-corrected chi connectivity index (χ2v) is 7.77.